The lowest BCUT2D eigenvalue weighted by molar-refractivity contribution is -0.121. The van der Waals surface area contributed by atoms with Crippen molar-refractivity contribution in [1.82, 2.24) is 5.32 Å². The standard InChI is InChI=1S/C12H13BrClNO/c1-2-11(16)15-12(5-6-12)9-7-8(13)3-4-10(9)14/h3-4,7H,2,5-6H2,1H3,(H,15,16). The Balaban J connectivity index is 2.29. The van der Waals surface area contributed by atoms with Crippen LogP contribution in [-0.2, 0) is 10.3 Å². The summed E-state index contributed by atoms with van der Waals surface area (Å²) in [5, 5.41) is 3.78. The molecular formula is C12H13BrClNO. The predicted octanol–water partition coefficient (Wildman–Crippen LogP) is 3.62. The van der Waals surface area contributed by atoms with Gasteiger partial charge < -0.3 is 5.32 Å². The third kappa shape index (κ3) is 2.25. The second kappa shape index (κ2) is 4.38. The lowest BCUT2D eigenvalue weighted by Gasteiger charge is -2.19. The van der Waals surface area contributed by atoms with Gasteiger partial charge in [-0.2, -0.15) is 0 Å². The fraction of sp³-hybridized carbons (Fsp3) is 0.417. The van der Waals surface area contributed by atoms with Gasteiger partial charge in [0.15, 0.2) is 0 Å². The van der Waals surface area contributed by atoms with Gasteiger partial charge in [0.1, 0.15) is 0 Å². The van der Waals surface area contributed by atoms with Crippen molar-refractivity contribution in [3.63, 3.8) is 0 Å². The Kier molecular flexibility index (Phi) is 3.27. The van der Waals surface area contributed by atoms with Gasteiger partial charge in [-0.25, -0.2) is 0 Å². The highest BCUT2D eigenvalue weighted by molar-refractivity contribution is 9.10. The van der Waals surface area contributed by atoms with Crippen molar-refractivity contribution in [3.8, 4) is 0 Å². The normalized spacial score (nSPS) is 16.9. The summed E-state index contributed by atoms with van der Waals surface area (Å²) in [5.74, 6) is 0.0774. The van der Waals surface area contributed by atoms with E-state index in [1.807, 2.05) is 25.1 Å². The number of halogens is 2. The average Bonchev–Trinajstić information content (AvgIpc) is 3.02. The first-order valence-corrected chi connectivity index (χ1v) is 6.51. The Morgan fingerprint density at radius 3 is 2.81 bits per heavy atom. The molecule has 1 fully saturated rings. The van der Waals surface area contributed by atoms with Crippen LogP contribution >= 0.6 is 27.5 Å². The number of carbonyl (C=O) groups excluding carboxylic acids is 1. The number of benzene rings is 1. The van der Waals surface area contributed by atoms with Gasteiger partial charge in [0, 0.05) is 15.9 Å². The number of hydrogen-bond acceptors (Lipinski definition) is 1. The summed E-state index contributed by atoms with van der Waals surface area (Å²) in [6.07, 6.45) is 2.44. The number of nitrogens with one attached hydrogen (secondary N) is 1. The van der Waals surface area contributed by atoms with Gasteiger partial charge in [-0.3, -0.25) is 4.79 Å². The van der Waals surface area contributed by atoms with E-state index in [-0.39, 0.29) is 11.4 Å². The van der Waals surface area contributed by atoms with E-state index in [4.69, 9.17) is 11.6 Å². The molecule has 86 valence electrons. The molecule has 16 heavy (non-hydrogen) atoms. The fourth-order valence-electron chi connectivity index (χ4n) is 1.81. The molecule has 1 N–H and O–H groups in total. The minimum absolute atomic E-state index is 0.0774. The maximum Gasteiger partial charge on any atom is 0.220 e. The highest BCUT2D eigenvalue weighted by Crippen LogP contribution is 2.48. The monoisotopic (exact) mass is 301 g/mol. The van der Waals surface area contributed by atoms with Crippen molar-refractivity contribution in [2.45, 2.75) is 31.7 Å². The molecule has 0 saturated heterocycles. The quantitative estimate of drug-likeness (QED) is 0.908. The zero-order valence-corrected chi connectivity index (χ0v) is 11.4. The van der Waals surface area contributed by atoms with Crippen LogP contribution in [0.2, 0.25) is 5.02 Å². The molecule has 2 nitrogen and oxygen atoms in total. The maximum atomic E-state index is 11.5. The molecule has 1 saturated carbocycles. The molecule has 0 aliphatic heterocycles. The van der Waals surface area contributed by atoms with E-state index < -0.39 is 0 Å². The Morgan fingerprint density at radius 2 is 2.25 bits per heavy atom. The molecule has 0 spiro atoms. The molecule has 0 heterocycles. The van der Waals surface area contributed by atoms with E-state index in [0.29, 0.717) is 6.42 Å². The third-order valence-corrected chi connectivity index (χ3v) is 3.72. The Hall–Kier alpha value is -0.540. The first kappa shape index (κ1) is 11.9. The van der Waals surface area contributed by atoms with Gasteiger partial charge in [0.05, 0.1) is 5.54 Å². The lowest BCUT2D eigenvalue weighted by Crippen LogP contribution is -2.34. The Labute approximate surface area is 108 Å². The molecule has 0 bridgehead atoms. The average molecular weight is 303 g/mol. The lowest BCUT2D eigenvalue weighted by atomic mass is 10.0. The number of carbonyl (C=O) groups is 1. The Bertz CT molecular complexity index is 429. The minimum Gasteiger partial charge on any atom is -0.347 e. The van der Waals surface area contributed by atoms with E-state index in [9.17, 15) is 4.79 Å². The summed E-state index contributed by atoms with van der Waals surface area (Å²) >= 11 is 9.60. The van der Waals surface area contributed by atoms with Crippen LogP contribution in [0.1, 0.15) is 31.7 Å². The summed E-state index contributed by atoms with van der Waals surface area (Å²) < 4.78 is 0.990. The van der Waals surface area contributed by atoms with Crippen molar-refractivity contribution in [2.24, 2.45) is 0 Å². The van der Waals surface area contributed by atoms with Gasteiger partial charge in [0.2, 0.25) is 5.91 Å². The molecule has 1 aromatic carbocycles. The van der Waals surface area contributed by atoms with Crippen LogP contribution in [-0.4, -0.2) is 5.91 Å². The number of hydrogen-bond donors (Lipinski definition) is 1. The largest absolute Gasteiger partial charge is 0.347 e. The molecule has 1 amide bonds. The molecule has 0 atom stereocenters. The van der Waals surface area contributed by atoms with Crippen LogP contribution in [0, 0.1) is 0 Å². The zero-order chi connectivity index (χ0) is 11.8. The van der Waals surface area contributed by atoms with Crippen molar-refractivity contribution in [2.75, 3.05) is 0 Å². The molecule has 1 aliphatic rings. The maximum absolute atomic E-state index is 11.5. The second-order valence-electron chi connectivity index (χ2n) is 4.11. The van der Waals surface area contributed by atoms with Crippen LogP contribution in [0.3, 0.4) is 0 Å². The molecule has 1 aromatic rings. The van der Waals surface area contributed by atoms with Gasteiger partial charge >= 0.3 is 0 Å². The third-order valence-electron chi connectivity index (χ3n) is 2.89. The van der Waals surface area contributed by atoms with Crippen molar-refractivity contribution in [3.05, 3.63) is 33.3 Å². The van der Waals surface area contributed by atoms with Crippen LogP contribution in [0.25, 0.3) is 0 Å². The Morgan fingerprint density at radius 1 is 1.56 bits per heavy atom. The van der Waals surface area contributed by atoms with Crippen LogP contribution < -0.4 is 5.32 Å². The fourth-order valence-corrected chi connectivity index (χ4v) is 2.47. The molecule has 0 unspecified atom stereocenters. The zero-order valence-electron chi connectivity index (χ0n) is 9.02. The van der Waals surface area contributed by atoms with Crippen molar-refractivity contribution < 1.29 is 4.79 Å². The van der Waals surface area contributed by atoms with E-state index >= 15 is 0 Å². The van der Waals surface area contributed by atoms with Crippen LogP contribution in [0.4, 0.5) is 0 Å². The van der Waals surface area contributed by atoms with E-state index in [1.165, 1.54) is 0 Å². The number of amides is 1. The van der Waals surface area contributed by atoms with Gasteiger partial charge in [-0.05, 0) is 36.6 Å². The topological polar surface area (TPSA) is 29.1 Å². The first-order chi connectivity index (χ1) is 7.57. The van der Waals surface area contributed by atoms with Crippen LogP contribution in [0.15, 0.2) is 22.7 Å². The molecule has 4 heteroatoms. The van der Waals surface area contributed by atoms with Gasteiger partial charge in [-0.1, -0.05) is 34.5 Å². The molecule has 2 rings (SSSR count). The summed E-state index contributed by atoms with van der Waals surface area (Å²) in [7, 11) is 0. The molecular weight excluding hydrogens is 289 g/mol. The molecule has 1 aliphatic carbocycles. The number of rotatable bonds is 3. The van der Waals surface area contributed by atoms with Gasteiger partial charge in [0.25, 0.3) is 0 Å². The molecule has 0 aromatic heterocycles. The van der Waals surface area contributed by atoms with Crippen LogP contribution in [0.5, 0.6) is 0 Å². The van der Waals surface area contributed by atoms with Crippen molar-refractivity contribution in [1.29, 1.82) is 0 Å². The van der Waals surface area contributed by atoms with E-state index in [1.54, 1.807) is 0 Å². The van der Waals surface area contributed by atoms with E-state index in [2.05, 4.69) is 21.2 Å². The summed E-state index contributed by atoms with van der Waals surface area (Å²) in [4.78, 5) is 11.5. The highest BCUT2D eigenvalue weighted by atomic mass is 79.9. The highest BCUT2D eigenvalue weighted by Gasteiger charge is 2.46. The van der Waals surface area contributed by atoms with Gasteiger partial charge in [-0.15, -0.1) is 0 Å². The predicted molar refractivity (Wildman–Crippen MR) is 68.5 cm³/mol. The minimum atomic E-state index is -0.214. The smallest absolute Gasteiger partial charge is 0.220 e. The SMILES string of the molecule is CCC(=O)NC1(c2cc(Br)ccc2Cl)CC1. The summed E-state index contributed by atoms with van der Waals surface area (Å²) in [5.41, 5.74) is 0.805. The second-order valence-corrected chi connectivity index (χ2v) is 5.43. The summed E-state index contributed by atoms with van der Waals surface area (Å²) in [6, 6.07) is 5.76. The van der Waals surface area contributed by atoms with Crippen molar-refractivity contribution >= 4 is 33.4 Å². The first-order valence-electron chi connectivity index (χ1n) is 5.34. The molecule has 0 radical (unpaired) electrons. The van der Waals surface area contributed by atoms with E-state index in [0.717, 1.165) is 27.9 Å². The summed E-state index contributed by atoms with van der Waals surface area (Å²) in [6.45, 7) is 1.86.